The van der Waals surface area contributed by atoms with Crippen molar-refractivity contribution < 1.29 is 19.1 Å². The Hall–Kier alpha value is -3.20. The molecule has 4 fully saturated rings. The van der Waals surface area contributed by atoms with Gasteiger partial charge in [0, 0.05) is 31.6 Å². The highest BCUT2D eigenvalue weighted by Gasteiger charge is 2.49. The number of aryl methyl sites for hydroxylation is 1. The number of carbonyl (C=O) groups is 3. The molecule has 9 heteroatoms. The van der Waals surface area contributed by atoms with Crippen LogP contribution >= 0.6 is 0 Å². The SMILES string of the molecule is CCn1nccc1C(=O)N[C@H](C(=O)Nc1cccc(C2(C(=O)NCC3(C)CCC3)CCOC2)c1)C(C1CC1)C1CC1. The molecule has 3 N–H and O–H groups in total. The number of nitrogens with zero attached hydrogens (tertiary/aromatic N) is 2. The summed E-state index contributed by atoms with van der Waals surface area (Å²) in [4.78, 5) is 40.9. The van der Waals surface area contributed by atoms with Gasteiger partial charge in [-0.25, -0.2) is 0 Å². The van der Waals surface area contributed by atoms with Crippen molar-refractivity contribution in [2.45, 2.75) is 83.2 Å². The van der Waals surface area contributed by atoms with Crippen molar-refractivity contribution >= 4 is 23.4 Å². The molecule has 1 unspecified atom stereocenters. The first-order valence-electron chi connectivity index (χ1n) is 15.4. The van der Waals surface area contributed by atoms with Gasteiger partial charge in [0.1, 0.15) is 11.7 Å². The van der Waals surface area contributed by atoms with E-state index >= 15 is 0 Å². The number of carbonyl (C=O) groups excluding carboxylic acids is 3. The molecule has 1 saturated heterocycles. The zero-order chi connectivity index (χ0) is 28.6. The van der Waals surface area contributed by atoms with E-state index in [1.165, 1.54) is 6.42 Å². The monoisotopic (exact) mass is 561 g/mol. The molecule has 1 aromatic carbocycles. The standard InChI is InChI=1S/C32H43N5O4/c1-3-37-25(12-16-34-37)28(38)36-27(26(21-8-9-21)22-10-11-22)29(39)35-24-7-4-6-23(18-24)32(15-17-41-20-32)30(40)33-19-31(2)13-5-14-31/h4,6-7,12,16,18,21-22,26-27H,3,5,8-11,13-15,17,19-20H2,1-2H3,(H,33,40)(H,35,39)(H,36,38)/t27-,32?/m0/s1. The lowest BCUT2D eigenvalue weighted by Gasteiger charge is -2.39. The van der Waals surface area contributed by atoms with Crippen LogP contribution < -0.4 is 16.0 Å². The summed E-state index contributed by atoms with van der Waals surface area (Å²) < 4.78 is 7.41. The van der Waals surface area contributed by atoms with Crippen molar-refractivity contribution in [3.05, 3.63) is 47.8 Å². The number of aromatic nitrogens is 2. The average Bonchev–Trinajstić information content (AvgIpc) is 3.88. The van der Waals surface area contributed by atoms with E-state index in [4.69, 9.17) is 4.74 Å². The van der Waals surface area contributed by atoms with Crippen LogP contribution in [0.15, 0.2) is 36.5 Å². The second-order valence-electron chi connectivity index (χ2n) is 13.0. The van der Waals surface area contributed by atoms with Crippen molar-refractivity contribution in [3.63, 3.8) is 0 Å². The summed E-state index contributed by atoms with van der Waals surface area (Å²) in [5.41, 5.74) is 1.33. The number of ether oxygens (including phenoxy) is 1. The van der Waals surface area contributed by atoms with Crippen LogP contribution in [0.3, 0.4) is 0 Å². The summed E-state index contributed by atoms with van der Waals surface area (Å²) in [6.07, 6.45) is 10.1. The zero-order valence-corrected chi connectivity index (χ0v) is 24.3. The fourth-order valence-electron chi connectivity index (χ4n) is 6.86. The molecule has 2 heterocycles. The van der Waals surface area contributed by atoms with Crippen molar-refractivity contribution in [2.24, 2.45) is 23.2 Å². The molecular weight excluding hydrogens is 518 g/mol. The average molecular weight is 562 g/mol. The highest BCUT2D eigenvalue weighted by atomic mass is 16.5. The van der Waals surface area contributed by atoms with Crippen molar-refractivity contribution in [1.82, 2.24) is 20.4 Å². The summed E-state index contributed by atoms with van der Waals surface area (Å²) in [6, 6.07) is 8.66. The molecule has 0 radical (unpaired) electrons. The number of amides is 3. The predicted molar refractivity (Wildman–Crippen MR) is 155 cm³/mol. The van der Waals surface area contributed by atoms with Crippen LogP contribution in [-0.4, -0.2) is 53.3 Å². The summed E-state index contributed by atoms with van der Waals surface area (Å²) in [7, 11) is 0. The van der Waals surface area contributed by atoms with E-state index in [2.05, 4.69) is 28.0 Å². The minimum absolute atomic E-state index is 0.00759. The second-order valence-corrected chi connectivity index (χ2v) is 13.0. The van der Waals surface area contributed by atoms with Gasteiger partial charge in [0.15, 0.2) is 0 Å². The first-order valence-corrected chi connectivity index (χ1v) is 15.4. The smallest absolute Gasteiger partial charge is 0.270 e. The summed E-state index contributed by atoms with van der Waals surface area (Å²) in [5.74, 6) is 0.548. The zero-order valence-electron chi connectivity index (χ0n) is 24.3. The third kappa shape index (κ3) is 5.78. The van der Waals surface area contributed by atoms with Gasteiger partial charge in [-0.05, 0) is 98.8 Å². The van der Waals surface area contributed by atoms with Crippen LogP contribution in [0.4, 0.5) is 5.69 Å². The lowest BCUT2D eigenvalue weighted by Crippen LogP contribution is -2.50. The lowest BCUT2D eigenvalue weighted by molar-refractivity contribution is -0.127. The molecule has 1 aromatic heterocycles. The number of hydrogen-bond donors (Lipinski definition) is 3. The van der Waals surface area contributed by atoms with E-state index in [1.54, 1.807) is 16.9 Å². The van der Waals surface area contributed by atoms with Gasteiger partial charge in [0.2, 0.25) is 11.8 Å². The first-order chi connectivity index (χ1) is 19.8. The van der Waals surface area contributed by atoms with E-state index < -0.39 is 11.5 Å². The Balaban J connectivity index is 1.21. The van der Waals surface area contributed by atoms with Crippen LogP contribution in [0.25, 0.3) is 0 Å². The van der Waals surface area contributed by atoms with Gasteiger partial charge in [-0.3, -0.25) is 19.1 Å². The number of anilines is 1. The summed E-state index contributed by atoms with van der Waals surface area (Å²) in [6.45, 7) is 6.26. The Morgan fingerprint density at radius 2 is 1.85 bits per heavy atom. The van der Waals surface area contributed by atoms with Gasteiger partial charge in [0.05, 0.1) is 12.0 Å². The number of rotatable bonds is 12. The van der Waals surface area contributed by atoms with Crippen LogP contribution in [0.5, 0.6) is 0 Å². The summed E-state index contributed by atoms with van der Waals surface area (Å²) >= 11 is 0. The van der Waals surface area contributed by atoms with Crippen LogP contribution in [0, 0.1) is 23.2 Å². The van der Waals surface area contributed by atoms with Crippen LogP contribution in [0.2, 0.25) is 0 Å². The maximum absolute atomic E-state index is 13.9. The molecule has 0 spiro atoms. The Bertz CT molecular complexity index is 1270. The van der Waals surface area contributed by atoms with Crippen molar-refractivity contribution in [3.8, 4) is 0 Å². The van der Waals surface area contributed by atoms with E-state index in [1.807, 2.05) is 31.2 Å². The molecule has 2 aromatic rings. The minimum Gasteiger partial charge on any atom is -0.380 e. The van der Waals surface area contributed by atoms with Gasteiger partial charge in [-0.1, -0.05) is 25.5 Å². The third-order valence-corrected chi connectivity index (χ3v) is 9.91. The van der Waals surface area contributed by atoms with Gasteiger partial charge in [0.25, 0.3) is 5.91 Å². The molecule has 220 valence electrons. The number of nitrogens with one attached hydrogen (secondary N) is 3. The molecule has 2 atom stereocenters. The maximum Gasteiger partial charge on any atom is 0.270 e. The van der Waals surface area contributed by atoms with Crippen molar-refractivity contribution in [2.75, 3.05) is 25.1 Å². The third-order valence-electron chi connectivity index (χ3n) is 9.91. The quantitative estimate of drug-likeness (QED) is 0.362. The maximum atomic E-state index is 13.9. The molecule has 3 amide bonds. The molecule has 1 aliphatic heterocycles. The highest BCUT2D eigenvalue weighted by molar-refractivity contribution is 6.01. The van der Waals surface area contributed by atoms with Gasteiger partial charge >= 0.3 is 0 Å². The fourth-order valence-corrected chi connectivity index (χ4v) is 6.86. The Morgan fingerprint density at radius 3 is 2.46 bits per heavy atom. The van der Waals surface area contributed by atoms with Crippen LogP contribution in [0.1, 0.15) is 81.3 Å². The molecular formula is C32H43N5O4. The molecule has 9 nitrogen and oxygen atoms in total. The largest absolute Gasteiger partial charge is 0.380 e. The molecule has 0 bridgehead atoms. The van der Waals surface area contributed by atoms with Gasteiger partial charge in [-0.2, -0.15) is 5.10 Å². The molecule has 6 rings (SSSR count). The van der Waals surface area contributed by atoms with Gasteiger partial charge < -0.3 is 20.7 Å². The molecule has 3 aliphatic carbocycles. The number of benzene rings is 1. The Labute approximate surface area is 242 Å². The van der Waals surface area contributed by atoms with Crippen LogP contribution in [-0.2, 0) is 26.3 Å². The first kappa shape index (κ1) is 27.9. The van der Waals surface area contributed by atoms with E-state index in [0.29, 0.717) is 55.9 Å². The molecule has 3 saturated carbocycles. The second kappa shape index (κ2) is 11.2. The molecule has 41 heavy (non-hydrogen) atoms. The fraction of sp³-hybridized carbons (Fsp3) is 0.625. The highest BCUT2D eigenvalue weighted by Crippen LogP contribution is 2.51. The normalized spacial score (nSPS) is 24.0. The van der Waals surface area contributed by atoms with Crippen molar-refractivity contribution in [1.29, 1.82) is 0 Å². The van der Waals surface area contributed by atoms with E-state index in [-0.39, 0.29) is 29.1 Å². The molecule has 4 aliphatic rings. The number of hydrogen-bond acceptors (Lipinski definition) is 5. The Kier molecular flexibility index (Phi) is 7.66. The van der Waals surface area contributed by atoms with Gasteiger partial charge in [-0.15, -0.1) is 0 Å². The Morgan fingerprint density at radius 1 is 1.10 bits per heavy atom. The predicted octanol–water partition coefficient (Wildman–Crippen LogP) is 4.04. The minimum atomic E-state index is -0.780. The lowest BCUT2D eigenvalue weighted by atomic mass is 9.70. The summed E-state index contributed by atoms with van der Waals surface area (Å²) in [5, 5.41) is 13.7. The van der Waals surface area contributed by atoms with E-state index in [0.717, 1.165) is 44.1 Å². The topological polar surface area (TPSA) is 114 Å². The van der Waals surface area contributed by atoms with E-state index in [9.17, 15) is 14.4 Å².